The molecule has 1 unspecified atom stereocenters. The van der Waals surface area contributed by atoms with Gasteiger partial charge >= 0.3 is 0 Å². The summed E-state index contributed by atoms with van der Waals surface area (Å²) < 4.78 is 6.86. The van der Waals surface area contributed by atoms with Gasteiger partial charge in [-0.3, -0.25) is 24.3 Å². The normalized spacial score (nSPS) is 16.1. The fourth-order valence-electron chi connectivity index (χ4n) is 3.57. The molecule has 2 amide bonds. The highest BCUT2D eigenvalue weighted by Crippen LogP contribution is 2.37. The van der Waals surface area contributed by atoms with E-state index in [1.807, 2.05) is 0 Å². The number of carbonyl (C=O) groups excluding carboxylic acids is 2. The number of amides is 2. The van der Waals surface area contributed by atoms with Crippen molar-refractivity contribution in [2.45, 2.75) is 25.5 Å². The van der Waals surface area contributed by atoms with Gasteiger partial charge in [-0.1, -0.05) is 6.07 Å². The van der Waals surface area contributed by atoms with Gasteiger partial charge < -0.3 is 14.9 Å². The Kier molecular flexibility index (Phi) is 5.65. The summed E-state index contributed by atoms with van der Waals surface area (Å²) in [6.45, 7) is 0.902. The Morgan fingerprint density at radius 1 is 1.06 bits per heavy atom. The Hall–Kier alpha value is -4.12. The van der Waals surface area contributed by atoms with Gasteiger partial charge in [0.1, 0.15) is 0 Å². The molecule has 3 aromatic rings. The van der Waals surface area contributed by atoms with Crippen molar-refractivity contribution in [1.82, 2.24) is 4.57 Å². The molecule has 164 valence electrons. The molecule has 1 fully saturated rings. The predicted molar refractivity (Wildman–Crippen MR) is 111 cm³/mol. The summed E-state index contributed by atoms with van der Waals surface area (Å²) in [4.78, 5) is 34.7. The zero-order chi connectivity index (χ0) is 22.8. The molecule has 32 heavy (non-hydrogen) atoms. The highest BCUT2D eigenvalue weighted by molar-refractivity contribution is 6.03. The maximum Gasteiger partial charge on any atom is 0.295 e. The van der Waals surface area contributed by atoms with E-state index in [0.717, 1.165) is 18.9 Å². The topological polar surface area (TPSA) is 157 Å². The summed E-state index contributed by atoms with van der Waals surface area (Å²) in [5, 5.41) is 39.1. The minimum absolute atomic E-state index is 0.0395. The van der Waals surface area contributed by atoms with Crippen LogP contribution in [0.2, 0.25) is 0 Å². The van der Waals surface area contributed by atoms with Crippen LogP contribution in [0.1, 0.15) is 33.6 Å². The van der Waals surface area contributed by atoms with Crippen LogP contribution < -0.4 is 0 Å². The van der Waals surface area contributed by atoms with Crippen molar-refractivity contribution in [3.8, 4) is 11.8 Å². The second kappa shape index (κ2) is 8.55. The molecule has 0 bridgehead atoms. The van der Waals surface area contributed by atoms with Crippen LogP contribution >= 0.6 is 0 Å². The molecule has 1 aliphatic heterocycles. The van der Waals surface area contributed by atoms with Gasteiger partial charge in [-0.15, -0.1) is 10.2 Å². The first-order valence-corrected chi connectivity index (χ1v) is 9.76. The quantitative estimate of drug-likeness (QED) is 0.350. The number of nitrogens with zero attached hydrogens (tertiary/aromatic N) is 4. The SMILES string of the molecule is O=C(N=NC(=O)c1ccc2c(O)n(CC3CCCO3)c(O)c2c1)c1cccc([N+](=O)[O-])c1. The first-order chi connectivity index (χ1) is 15.3. The third kappa shape index (κ3) is 4.05. The van der Waals surface area contributed by atoms with E-state index in [1.165, 1.54) is 41.0 Å². The van der Waals surface area contributed by atoms with Crippen LogP contribution in [0, 0.1) is 10.1 Å². The van der Waals surface area contributed by atoms with E-state index < -0.39 is 16.7 Å². The minimum Gasteiger partial charge on any atom is -0.494 e. The number of ether oxygens (including phenoxy) is 1. The average Bonchev–Trinajstić information content (AvgIpc) is 3.40. The van der Waals surface area contributed by atoms with Crippen molar-refractivity contribution < 1.29 is 29.5 Å². The number of aromatic hydroxyl groups is 2. The Morgan fingerprint density at radius 2 is 1.75 bits per heavy atom. The van der Waals surface area contributed by atoms with Gasteiger partial charge in [-0.2, -0.15) is 0 Å². The van der Waals surface area contributed by atoms with E-state index >= 15 is 0 Å². The minimum atomic E-state index is -0.911. The zero-order valence-corrected chi connectivity index (χ0v) is 16.7. The summed E-state index contributed by atoms with van der Waals surface area (Å²) in [6, 6.07) is 9.10. The van der Waals surface area contributed by atoms with Gasteiger partial charge in [-0.05, 0) is 37.1 Å². The molecule has 1 atom stereocenters. The molecule has 0 radical (unpaired) electrons. The van der Waals surface area contributed by atoms with E-state index in [-0.39, 0.29) is 46.6 Å². The molecule has 0 aliphatic carbocycles. The number of carbonyl (C=O) groups is 2. The van der Waals surface area contributed by atoms with Crippen LogP contribution in [0.3, 0.4) is 0 Å². The van der Waals surface area contributed by atoms with Gasteiger partial charge in [0.15, 0.2) is 0 Å². The van der Waals surface area contributed by atoms with Crippen LogP contribution in [0.15, 0.2) is 52.7 Å². The zero-order valence-electron chi connectivity index (χ0n) is 16.7. The van der Waals surface area contributed by atoms with Crippen molar-refractivity contribution in [3.63, 3.8) is 0 Å². The van der Waals surface area contributed by atoms with Gasteiger partial charge in [0.25, 0.3) is 17.5 Å². The van der Waals surface area contributed by atoms with Gasteiger partial charge in [0.2, 0.25) is 11.8 Å². The summed E-state index contributed by atoms with van der Waals surface area (Å²) in [5.41, 5.74) is -0.330. The maximum absolute atomic E-state index is 12.4. The first kappa shape index (κ1) is 21.1. The Bertz CT molecular complexity index is 1260. The van der Waals surface area contributed by atoms with E-state index in [0.29, 0.717) is 12.0 Å². The van der Waals surface area contributed by atoms with E-state index in [1.54, 1.807) is 0 Å². The number of aromatic nitrogens is 1. The molecule has 2 heterocycles. The lowest BCUT2D eigenvalue weighted by Gasteiger charge is -2.12. The number of hydrogen-bond donors (Lipinski definition) is 2. The number of non-ortho nitro benzene ring substituents is 1. The molecular formula is C21H18N4O7. The Labute approximate surface area is 180 Å². The number of fused-ring (bicyclic) bond motifs is 1. The van der Waals surface area contributed by atoms with Crippen molar-refractivity contribution in [3.05, 3.63) is 63.7 Å². The molecule has 11 nitrogen and oxygen atoms in total. The number of azo groups is 1. The highest BCUT2D eigenvalue weighted by Gasteiger charge is 2.23. The van der Waals surface area contributed by atoms with Crippen molar-refractivity contribution in [2.75, 3.05) is 6.61 Å². The van der Waals surface area contributed by atoms with Crippen molar-refractivity contribution in [2.24, 2.45) is 10.2 Å². The summed E-state index contributed by atoms with van der Waals surface area (Å²) in [5.74, 6) is -2.12. The summed E-state index contributed by atoms with van der Waals surface area (Å²) in [6.07, 6.45) is 1.60. The third-order valence-electron chi connectivity index (χ3n) is 5.21. The fraction of sp³-hybridized carbons (Fsp3) is 0.238. The molecular weight excluding hydrogens is 420 g/mol. The number of nitro benzene ring substituents is 1. The van der Waals surface area contributed by atoms with Crippen LogP contribution in [0.4, 0.5) is 5.69 Å². The molecule has 4 rings (SSSR count). The molecule has 2 aromatic carbocycles. The summed E-state index contributed by atoms with van der Waals surface area (Å²) in [7, 11) is 0. The van der Waals surface area contributed by atoms with E-state index in [9.17, 15) is 29.9 Å². The van der Waals surface area contributed by atoms with Crippen LogP contribution in [0.5, 0.6) is 11.8 Å². The number of benzene rings is 2. The molecule has 2 N–H and O–H groups in total. The van der Waals surface area contributed by atoms with Crippen LogP contribution in [0.25, 0.3) is 10.8 Å². The van der Waals surface area contributed by atoms with Gasteiger partial charge in [0, 0.05) is 35.1 Å². The lowest BCUT2D eigenvalue weighted by Crippen LogP contribution is -2.14. The lowest BCUT2D eigenvalue weighted by molar-refractivity contribution is -0.384. The molecule has 1 saturated heterocycles. The number of nitro groups is 1. The van der Waals surface area contributed by atoms with Crippen molar-refractivity contribution >= 4 is 28.3 Å². The largest absolute Gasteiger partial charge is 0.494 e. The van der Waals surface area contributed by atoms with Crippen LogP contribution in [-0.4, -0.2) is 44.2 Å². The second-order valence-electron chi connectivity index (χ2n) is 7.27. The predicted octanol–water partition coefficient (Wildman–Crippen LogP) is 3.57. The average molecular weight is 438 g/mol. The maximum atomic E-state index is 12.4. The monoisotopic (exact) mass is 438 g/mol. The molecule has 0 saturated carbocycles. The van der Waals surface area contributed by atoms with E-state index in [2.05, 4.69) is 10.2 Å². The molecule has 0 spiro atoms. The third-order valence-corrected chi connectivity index (χ3v) is 5.21. The first-order valence-electron chi connectivity index (χ1n) is 9.76. The Morgan fingerprint density at radius 3 is 2.41 bits per heavy atom. The second-order valence-corrected chi connectivity index (χ2v) is 7.27. The number of hydrogen-bond acceptors (Lipinski definition) is 7. The fourth-order valence-corrected chi connectivity index (χ4v) is 3.57. The highest BCUT2D eigenvalue weighted by atomic mass is 16.6. The molecule has 11 heteroatoms. The summed E-state index contributed by atoms with van der Waals surface area (Å²) >= 11 is 0. The van der Waals surface area contributed by atoms with Gasteiger partial charge in [0.05, 0.1) is 23.1 Å². The van der Waals surface area contributed by atoms with Gasteiger partial charge in [-0.25, -0.2) is 0 Å². The lowest BCUT2D eigenvalue weighted by atomic mass is 10.1. The smallest absolute Gasteiger partial charge is 0.295 e. The van der Waals surface area contributed by atoms with E-state index in [4.69, 9.17) is 4.74 Å². The molecule has 1 aromatic heterocycles. The van der Waals surface area contributed by atoms with Crippen LogP contribution in [-0.2, 0) is 11.3 Å². The standard InChI is InChI=1S/C21H18N4O7/c26-18(12-3-1-4-14(9-12)25(30)31)22-23-19(27)13-6-7-16-17(10-13)21(29)24(20(16)28)11-15-5-2-8-32-15/h1,3-4,6-7,9-10,15,28-29H,2,5,8,11H2. The number of rotatable bonds is 5. The molecule has 1 aliphatic rings. The van der Waals surface area contributed by atoms with Crippen molar-refractivity contribution in [1.29, 1.82) is 0 Å². The Balaban J connectivity index is 1.56.